The smallest absolute Gasteiger partial charge is 0.480 e. The molecular formula is C9H7F3INO4. The van der Waals surface area contributed by atoms with Gasteiger partial charge in [0.05, 0.1) is 17.8 Å². The summed E-state index contributed by atoms with van der Waals surface area (Å²) in [6.45, 7) is 0. The number of pyridine rings is 1. The van der Waals surface area contributed by atoms with E-state index in [-0.39, 0.29) is 9.45 Å². The SMILES string of the molecule is COC(=O)c1c(OC)ncc(I)c1OC(F)(F)F. The van der Waals surface area contributed by atoms with Gasteiger partial charge in [-0.05, 0) is 22.6 Å². The van der Waals surface area contributed by atoms with Crippen LogP contribution in [0.15, 0.2) is 6.20 Å². The summed E-state index contributed by atoms with van der Waals surface area (Å²) in [6.07, 6.45) is -3.85. The highest BCUT2D eigenvalue weighted by molar-refractivity contribution is 14.1. The van der Waals surface area contributed by atoms with Crippen LogP contribution in [0.5, 0.6) is 11.6 Å². The van der Waals surface area contributed by atoms with Gasteiger partial charge in [-0.15, -0.1) is 13.2 Å². The van der Waals surface area contributed by atoms with E-state index in [9.17, 15) is 18.0 Å². The van der Waals surface area contributed by atoms with E-state index in [1.807, 2.05) is 0 Å². The van der Waals surface area contributed by atoms with Crippen molar-refractivity contribution in [2.24, 2.45) is 0 Å². The van der Waals surface area contributed by atoms with Gasteiger partial charge in [0.25, 0.3) is 0 Å². The number of methoxy groups -OCH3 is 2. The third kappa shape index (κ3) is 3.37. The molecule has 0 saturated carbocycles. The van der Waals surface area contributed by atoms with E-state index in [0.29, 0.717) is 0 Å². The number of halogens is 4. The monoisotopic (exact) mass is 377 g/mol. The molecule has 0 radical (unpaired) electrons. The van der Waals surface area contributed by atoms with E-state index in [4.69, 9.17) is 4.74 Å². The quantitative estimate of drug-likeness (QED) is 0.598. The number of carbonyl (C=O) groups is 1. The number of hydrogen-bond acceptors (Lipinski definition) is 5. The molecule has 1 aromatic rings. The van der Waals surface area contributed by atoms with E-state index in [1.54, 1.807) is 22.6 Å². The standard InChI is InChI=1S/C9H7F3INO4/c1-16-7-5(8(15)17-2)6(4(13)3-14-7)18-9(10,11)12/h3H,1-2H3. The largest absolute Gasteiger partial charge is 0.573 e. The van der Waals surface area contributed by atoms with Crippen molar-refractivity contribution < 1.29 is 32.2 Å². The highest BCUT2D eigenvalue weighted by Crippen LogP contribution is 2.35. The van der Waals surface area contributed by atoms with Crippen molar-refractivity contribution in [2.75, 3.05) is 14.2 Å². The predicted molar refractivity (Wildman–Crippen MR) is 61.5 cm³/mol. The summed E-state index contributed by atoms with van der Waals surface area (Å²) >= 11 is 1.56. The average molecular weight is 377 g/mol. The maximum absolute atomic E-state index is 12.3. The second-order valence-corrected chi connectivity index (χ2v) is 4.02. The predicted octanol–water partition coefficient (Wildman–Crippen LogP) is 2.38. The summed E-state index contributed by atoms with van der Waals surface area (Å²) in [7, 11) is 2.19. The molecule has 0 bridgehead atoms. The van der Waals surface area contributed by atoms with Crippen LogP contribution in [0, 0.1) is 3.57 Å². The fraction of sp³-hybridized carbons (Fsp3) is 0.333. The van der Waals surface area contributed by atoms with Crippen molar-refractivity contribution in [1.29, 1.82) is 0 Å². The lowest BCUT2D eigenvalue weighted by molar-refractivity contribution is -0.275. The number of aromatic nitrogens is 1. The first-order valence-corrected chi connectivity index (χ1v) is 5.44. The zero-order chi connectivity index (χ0) is 13.9. The number of hydrogen-bond donors (Lipinski definition) is 0. The highest BCUT2D eigenvalue weighted by atomic mass is 127. The minimum atomic E-state index is -4.94. The molecule has 18 heavy (non-hydrogen) atoms. The molecule has 1 aromatic heterocycles. The lowest BCUT2D eigenvalue weighted by atomic mass is 10.2. The van der Waals surface area contributed by atoms with E-state index in [1.165, 1.54) is 7.11 Å². The second-order valence-electron chi connectivity index (χ2n) is 2.86. The normalized spacial score (nSPS) is 11.0. The summed E-state index contributed by atoms with van der Waals surface area (Å²) in [5, 5.41) is 0. The molecule has 0 aliphatic heterocycles. The lowest BCUT2D eigenvalue weighted by Gasteiger charge is -2.15. The first-order valence-electron chi connectivity index (χ1n) is 4.36. The summed E-state index contributed by atoms with van der Waals surface area (Å²) < 4.78 is 49.7. The van der Waals surface area contributed by atoms with E-state index in [0.717, 1.165) is 13.3 Å². The van der Waals surface area contributed by atoms with Crippen LogP contribution >= 0.6 is 22.6 Å². The first kappa shape index (κ1) is 14.8. The minimum Gasteiger partial charge on any atom is -0.480 e. The molecule has 100 valence electrons. The molecule has 0 spiro atoms. The van der Waals surface area contributed by atoms with Gasteiger partial charge in [-0.2, -0.15) is 0 Å². The van der Waals surface area contributed by atoms with Crippen LogP contribution in [0.2, 0.25) is 0 Å². The Morgan fingerprint density at radius 2 is 2.00 bits per heavy atom. The first-order chi connectivity index (χ1) is 8.30. The molecule has 0 amide bonds. The molecule has 1 rings (SSSR count). The van der Waals surface area contributed by atoms with Gasteiger partial charge in [-0.3, -0.25) is 0 Å². The van der Waals surface area contributed by atoms with Crippen LogP contribution in [-0.4, -0.2) is 31.5 Å². The Morgan fingerprint density at radius 3 is 2.44 bits per heavy atom. The molecule has 1 heterocycles. The van der Waals surface area contributed by atoms with Gasteiger partial charge in [0.15, 0.2) is 11.3 Å². The number of alkyl halides is 3. The molecule has 0 unspecified atom stereocenters. The third-order valence-electron chi connectivity index (χ3n) is 1.75. The molecule has 0 saturated heterocycles. The van der Waals surface area contributed by atoms with Crippen molar-refractivity contribution in [3.05, 3.63) is 15.3 Å². The van der Waals surface area contributed by atoms with Gasteiger partial charge in [-0.1, -0.05) is 0 Å². The van der Waals surface area contributed by atoms with Crippen LogP contribution in [0.3, 0.4) is 0 Å². The van der Waals surface area contributed by atoms with E-state index in [2.05, 4.69) is 14.5 Å². The molecule has 0 atom stereocenters. The highest BCUT2D eigenvalue weighted by Gasteiger charge is 2.36. The maximum Gasteiger partial charge on any atom is 0.573 e. The molecule has 9 heteroatoms. The van der Waals surface area contributed by atoms with Gasteiger partial charge in [0, 0.05) is 6.20 Å². The average Bonchev–Trinajstić information content (AvgIpc) is 2.29. The van der Waals surface area contributed by atoms with Crippen molar-refractivity contribution in [2.45, 2.75) is 6.36 Å². The van der Waals surface area contributed by atoms with Gasteiger partial charge >= 0.3 is 12.3 Å². The van der Waals surface area contributed by atoms with E-state index < -0.39 is 23.6 Å². The van der Waals surface area contributed by atoms with Crippen LogP contribution in [0.25, 0.3) is 0 Å². The summed E-state index contributed by atoms with van der Waals surface area (Å²) in [4.78, 5) is 15.1. The number of esters is 1. The summed E-state index contributed by atoms with van der Waals surface area (Å²) in [5.41, 5.74) is -0.510. The van der Waals surface area contributed by atoms with Crippen molar-refractivity contribution in [3.8, 4) is 11.6 Å². The van der Waals surface area contributed by atoms with Crippen molar-refractivity contribution in [1.82, 2.24) is 4.98 Å². The topological polar surface area (TPSA) is 57.7 Å². The maximum atomic E-state index is 12.3. The number of ether oxygens (including phenoxy) is 3. The Hall–Kier alpha value is -1.26. The number of carbonyl (C=O) groups excluding carboxylic acids is 1. The number of nitrogens with zero attached hydrogens (tertiary/aromatic N) is 1. The molecule has 0 aromatic carbocycles. The van der Waals surface area contributed by atoms with Gasteiger partial charge < -0.3 is 14.2 Å². The molecule has 0 fully saturated rings. The Kier molecular flexibility index (Phi) is 4.59. The second kappa shape index (κ2) is 5.59. The van der Waals surface area contributed by atoms with Crippen molar-refractivity contribution in [3.63, 3.8) is 0 Å². The van der Waals surface area contributed by atoms with Gasteiger partial charge in [-0.25, -0.2) is 9.78 Å². The minimum absolute atomic E-state index is 0.00567. The third-order valence-corrected chi connectivity index (χ3v) is 2.52. The molecule has 0 aliphatic rings. The zero-order valence-electron chi connectivity index (χ0n) is 9.17. The fourth-order valence-corrected chi connectivity index (χ4v) is 1.63. The number of rotatable bonds is 3. The zero-order valence-corrected chi connectivity index (χ0v) is 11.3. The van der Waals surface area contributed by atoms with Crippen molar-refractivity contribution >= 4 is 28.6 Å². The molecule has 0 aliphatic carbocycles. The molecule has 0 N–H and O–H groups in total. The Morgan fingerprint density at radius 1 is 1.39 bits per heavy atom. The molecular weight excluding hydrogens is 370 g/mol. The lowest BCUT2D eigenvalue weighted by Crippen LogP contribution is -2.21. The summed E-state index contributed by atoms with van der Waals surface area (Å²) in [6, 6.07) is 0. The fourth-order valence-electron chi connectivity index (χ4n) is 1.11. The Labute approximate surface area is 113 Å². The van der Waals surface area contributed by atoms with Crippen LogP contribution in [-0.2, 0) is 4.74 Å². The van der Waals surface area contributed by atoms with Crippen LogP contribution < -0.4 is 9.47 Å². The summed E-state index contributed by atoms with van der Waals surface area (Å²) in [5.74, 6) is -2.03. The van der Waals surface area contributed by atoms with Crippen LogP contribution in [0.1, 0.15) is 10.4 Å². The van der Waals surface area contributed by atoms with Gasteiger partial charge in [0.1, 0.15) is 0 Å². The van der Waals surface area contributed by atoms with Crippen LogP contribution in [0.4, 0.5) is 13.2 Å². The Bertz CT molecular complexity index is 464. The van der Waals surface area contributed by atoms with Gasteiger partial charge in [0.2, 0.25) is 5.88 Å². The van der Waals surface area contributed by atoms with E-state index >= 15 is 0 Å². The molecule has 5 nitrogen and oxygen atoms in total. The Balaban J connectivity index is 3.41.